The van der Waals surface area contributed by atoms with Gasteiger partial charge in [0.15, 0.2) is 0 Å². The van der Waals surface area contributed by atoms with Crippen LogP contribution in [0.1, 0.15) is 40.6 Å². The van der Waals surface area contributed by atoms with Crippen LogP contribution in [0.2, 0.25) is 0 Å². The molecule has 0 aromatic heterocycles. The molecule has 0 saturated heterocycles. The van der Waals surface area contributed by atoms with E-state index >= 15 is 0 Å². The van der Waals surface area contributed by atoms with E-state index in [4.69, 9.17) is 0 Å². The average Bonchev–Trinajstić information content (AvgIpc) is 2.97. The average molecular weight is 291 g/mol. The summed E-state index contributed by atoms with van der Waals surface area (Å²) in [4.78, 5) is 0. The second-order valence-electron chi connectivity index (χ2n) is 6.61. The summed E-state index contributed by atoms with van der Waals surface area (Å²) < 4.78 is 0. The quantitative estimate of drug-likeness (QED) is 0.737. The van der Waals surface area contributed by atoms with Gasteiger partial charge in [0.2, 0.25) is 0 Å². The first-order valence-electron chi connectivity index (χ1n) is 7.97. The molecule has 2 aromatic carbocycles. The molecule has 1 aliphatic carbocycles. The highest BCUT2D eigenvalue weighted by atomic mass is 16.3. The van der Waals surface area contributed by atoms with Crippen molar-refractivity contribution in [2.45, 2.75) is 32.2 Å². The Morgan fingerprint density at radius 1 is 1.09 bits per heavy atom. The number of hydrogen-bond donors (Lipinski definition) is 2. The number of fused-ring (bicyclic) bond motifs is 3. The predicted molar refractivity (Wildman–Crippen MR) is 90.4 cm³/mol. The number of hydrogen-bond acceptors (Lipinski definition) is 2. The maximum absolute atomic E-state index is 9.54. The van der Waals surface area contributed by atoms with Crippen molar-refractivity contribution >= 4 is 5.69 Å². The Labute approximate surface area is 131 Å². The van der Waals surface area contributed by atoms with Crippen LogP contribution < -0.4 is 5.32 Å². The molecule has 1 heterocycles. The van der Waals surface area contributed by atoms with E-state index in [1.807, 2.05) is 12.1 Å². The van der Waals surface area contributed by atoms with Crippen LogP contribution in [0.15, 0.2) is 48.6 Å². The topological polar surface area (TPSA) is 32.3 Å². The fourth-order valence-corrected chi connectivity index (χ4v) is 4.08. The number of anilines is 1. The normalized spacial score (nSPS) is 25.5. The minimum atomic E-state index is 0.300. The van der Waals surface area contributed by atoms with E-state index in [-0.39, 0.29) is 0 Å². The van der Waals surface area contributed by atoms with Gasteiger partial charge in [0.25, 0.3) is 0 Å². The third-order valence-electron chi connectivity index (χ3n) is 5.06. The zero-order valence-electron chi connectivity index (χ0n) is 13.0. The molecule has 0 spiro atoms. The molecule has 0 bridgehead atoms. The van der Waals surface area contributed by atoms with Crippen molar-refractivity contribution in [2.24, 2.45) is 5.92 Å². The van der Waals surface area contributed by atoms with E-state index < -0.39 is 0 Å². The molecule has 22 heavy (non-hydrogen) atoms. The Balaban J connectivity index is 1.82. The summed E-state index contributed by atoms with van der Waals surface area (Å²) in [7, 11) is 0. The van der Waals surface area contributed by atoms with Crippen molar-refractivity contribution in [3.8, 4) is 5.75 Å². The van der Waals surface area contributed by atoms with Crippen LogP contribution in [0.5, 0.6) is 5.75 Å². The molecule has 2 aliphatic rings. The van der Waals surface area contributed by atoms with Crippen LogP contribution in [-0.4, -0.2) is 5.11 Å². The maximum atomic E-state index is 9.54. The highest BCUT2D eigenvalue weighted by Crippen LogP contribution is 2.50. The molecule has 3 unspecified atom stereocenters. The van der Waals surface area contributed by atoms with E-state index in [1.165, 1.54) is 27.9 Å². The van der Waals surface area contributed by atoms with Crippen LogP contribution in [0.4, 0.5) is 5.69 Å². The summed E-state index contributed by atoms with van der Waals surface area (Å²) in [5.74, 6) is 1.37. The second-order valence-corrected chi connectivity index (χ2v) is 6.61. The number of phenols is 1. The van der Waals surface area contributed by atoms with Gasteiger partial charge in [0.1, 0.15) is 5.75 Å². The molecule has 0 amide bonds. The third kappa shape index (κ3) is 2.02. The molecular formula is C20H21NO. The summed E-state index contributed by atoms with van der Waals surface area (Å²) in [6.45, 7) is 4.36. The molecule has 1 aliphatic heterocycles. The molecule has 0 saturated carbocycles. The van der Waals surface area contributed by atoms with Gasteiger partial charge in [0, 0.05) is 11.6 Å². The Bertz CT molecular complexity index is 745. The smallest absolute Gasteiger partial charge is 0.115 e. The molecule has 2 aromatic rings. The lowest BCUT2D eigenvalue weighted by Gasteiger charge is -2.38. The van der Waals surface area contributed by atoms with Crippen molar-refractivity contribution in [3.63, 3.8) is 0 Å². The summed E-state index contributed by atoms with van der Waals surface area (Å²) in [6, 6.07) is 12.5. The molecule has 0 radical (unpaired) electrons. The first-order valence-corrected chi connectivity index (χ1v) is 7.97. The van der Waals surface area contributed by atoms with E-state index in [0.29, 0.717) is 23.6 Å². The Morgan fingerprint density at radius 3 is 2.64 bits per heavy atom. The second kappa shape index (κ2) is 4.91. The van der Waals surface area contributed by atoms with Crippen molar-refractivity contribution < 1.29 is 5.11 Å². The van der Waals surface area contributed by atoms with Crippen LogP contribution >= 0.6 is 0 Å². The maximum Gasteiger partial charge on any atom is 0.115 e. The number of nitrogens with one attached hydrogen (secondary N) is 1. The van der Waals surface area contributed by atoms with Crippen molar-refractivity contribution in [2.75, 3.05) is 5.32 Å². The molecule has 0 fully saturated rings. The largest absolute Gasteiger partial charge is 0.508 e. The molecule has 2 nitrogen and oxygen atoms in total. The van der Waals surface area contributed by atoms with Crippen LogP contribution in [0.25, 0.3) is 0 Å². The standard InChI is InChI=1S/C20H21NO/c1-12-10-13(2)19-18(11-12)16-4-3-5-17(16)20(21-19)14-6-8-15(22)9-7-14/h3-4,6-11,16-17,20-22H,5H2,1-2H3. The predicted octanol–water partition coefficient (Wildman–Crippen LogP) is 4.84. The number of allylic oxidation sites excluding steroid dienone is 2. The number of rotatable bonds is 1. The summed E-state index contributed by atoms with van der Waals surface area (Å²) in [5.41, 5.74) is 6.63. The Kier molecular flexibility index (Phi) is 3.00. The highest BCUT2D eigenvalue weighted by Gasteiger charge is 2.38. The molecule has 112 valence electrons. The van der Waals surface area contributed by atoms with Gasteiger partial charge in [-0.25, -0.2) is 0 Å². The first-order chi connectivity index (χ1) is 10.6. The van der Waals surface area contributed by atoms with Crippen LogP contribution in [0, 0.1) is 19.8 Å². The lowest BCUT2D eigenvalue weighted by Crippen LogP contribution is -2.29. The van der Waals surface area contributed by atoms with E-state index in [1.54, 1.807) is 12.1 Å². The van der Waals surface area contributed by atoms with Gasteiger partial charge in [-0.05, 0) is 55.0 Å². The SMILES string of the molecule is Cc1cc(C)c2c(c1)C1C=CCC1C(c1ccc(O)cc1)N2. The van der Waals surface area contributed by atoms with Gasteiger partial charge in [-0.2, -0.15) is 0 Å². The first kappa shape index (κ1) is 13.4. The van der Waals surface area contributed by atoms with Crippen molar-refractivity contribution in [3.05, 3.63) is 70.8 Å². The van der Waals surface area contributed by atoms with Gasteiger partial charge in [0.05, 0.1) is 6.04 Å². The van der Waals surface area contributed by atoms with Gasteiger partial charge in [-0.1, -0.05) is 42.0 Å². The molecular weight excluding hydrogens is 270 g/mol. The fraction of sp³-hybridized carbons (Fsp3) is 0.300. The monoisotopic (exact) mass is 291 g/mol. The number of aromatic hydroxyl groups is 1. The van der Waals surface area contributed by atoms with Crippen LogP contribution in [0.3, 0.4) is 0 Å². The number of phenolic OH excluding ortho intramolecular Hbond substituents is 1. The third-order valence-corrected chi connectivity index (χ3v) is 5.06. The van der Waals surface area contributed by atoms with Gasteiger partial charge < -0.3 is 10.4 Å². The van der Waals surface area contributed by atoms with Gasteiger partial charge >= 0.3 is 0 Å². The Morgan fingerprint density at radius 2 is 1.86 bits per heavy atom. The highest BCUT2D eigenvalue weighted by molar-refractivity contribution is 5.65. The minimum Gasteiger partial charge on any atom is -0.508 e. The van der Waals surface area contributed by atoms with Crippen molar-refractivity contribution in [1.82, 2.24) is 0 Å². The Hall–Kier alpha value is -2.22. The number of aryl methyl sites for hydroxylation is 2. The lowest BCUT2D eigenvalue weighted by molar-refractivity contribution is 0.424. The van der Waals surface area contributed by atoms with Gasteiger partial charge in [-0.15, -0.1) is 0 Å². The lowest BCUT2D eigenvalue weighted by atomic mass is 9.76. The molecule has 2 heteroatoms. The molecule has 3 atom stereocenters. The zero-order valence-corrected chi connectivity index (χ0v) is 13.0. The van der Waals surface area contributed by atoms with E-state index in [2.05, 4.69) is 43.4 Å². The zero-order chi connectivity index (χ0) is 15.3. The summed E-state index contributed by atoms with van der Waals surface area (Å²) in [6.07, 6.45) is 5.80. The van der Waals surface area contributed by atoms with E-state index in [9.17, 15) is 5.11 Å². The fourth-order valence-electron chi connectivity index (χ4n) is 4.08. The molecule has 4 rings (SSSR count). The number of benzene rings is 2. The van der Waals surface area contributed by atoms with Gasteiger partial charge in [-0.3, -0.25) is 0 Å². The minimum absolute atomic E-state index is 0.300. The van der Waals surface area contributed by atoms with E-state index in [0.717, 1.165) is 6.42 Å². The summed E-state index contributed by atoms with van der Waals surface area (Å²) in [5, 5.41) is 13.3. The van der Waals surface area contributed by atoms with Crippen LogP contribution in [-0.2, 0) is 0 Å². The summed E-state index contributed by atoms with van der Waals surface area (Å²) >= 11 is 0. The van der Waals surface area contributed by atoms with Crippen molar-refractivity contribution in [1.29, 1.82) is 0 Å². The molecule has 2 N–H and O–H groups in total.